The molecule has 4 nitrogen and oxygen atoms in total. The average Bonchev–Trinajstić information content (AvgIpc) is 2.85. The number of hydrogen-bond acceptors (Lipinski definition) is 4. The van der Waals surface area contributed by atoms with Crippen molar-refractivity contribution >= 4 is 11.6 Å². The molecule has 0 aromatic carbocycles. The van der Waals surface area contributed by atoms with Gasteiger partial charge in [-0.3, -0.25) is 9.59 Å². The molecule has 3 unspecified atom stereocenters. The molecule has 0 heterocycles. The molecule has 3 aliphatic rings. The lowest BCUT2D eigenvalue weighted by molar-refractivity contribution is -0.155. The van der Waals surface area contributed by atoms with Crippen molar-refractivity contribution in [1.29, 1.82) is 0 Å². The molecule has 0 spiro atoms. The highest BCUT2D eigenvalue weighted by Gasteiger charge is 2.62. The molecule has 25 heavy (non-hydrogen) atoms. The molecule has 0 radical (unpaired) electrons. The number of hydrogen-bond donors (Lipinski definition) is 2. The molecular formula is C21H30O4. The predicted octanol–water partition coefficient (Wildman–Crippen LogP) is 3.12. The number of rotatable bonds is 2. The second-order valence-electron chi connectivity index (χ2n) is 8.44. The monoisotopic (exact) mass is 346 g/mol. The van der Waals surface area contributed by atoms with Gasteiger partial charge in [0.25, 0.3) is 0 Å². The van der Waals surface area contributed by atoms with Gasteiger partial charge < -0.3 is 10.2 Å². The summed E-state index contributed by atoms with van der Waals surface area (Å²) in [6, 6.07) is 0. The van der Waals surface area contributed by atoms with Crippen molar-refractivity contribution in [1.82, 2.24) is 0 Å². The van der Waals surface area contributed by atoms with E-state index in [0.717, 1.165) is 37.7 Å². The smallest absolute Gasteiger partial charge is 0.190 e. The number of fused-ring (bicyclic) bond motifs is 3. The van der Waals surface area contributed by atoms with Gasteiger partial charge in [-0.1, -0.05) is 24.1 Å². The van der Waals surface area contributed by atoms with E-state index in [2.05, 4.69) is 6.08 Å². The molecule has 4 heteroatoms. The highest BCUT2D eigenvalue weighted by molar-refractivity contribution is 5.90. The molecule has 0 aliphatic heterocycles. The molecule has 0 saturated heterocycles. The topological polar surface area (TPSA) is 74.6 Å². The van der Waals surface area contributed by atoms with Crippen LogP contribution in [0.15, 0.2) is 23.3 Å². The van der Waals surface area contributed by atoms with Crippen molar-refractivity contribution in [3.05, 3.63) is 23.3 Å². The number of carbonyl (C=O) groups is 2. The lowest BCUT2D eigenvalue weighted by Crippen LogP contribution is -2.54. The Bertz CT molecular complexity index is 632. The minimum Gasteiger partial charge on any atom is -0.388 e. The summed E-state index contributed by atoms with van der Waals surface area (Å²) in [7, 11) is 0. The van der Waals surface area contributed by atoms with Gasteiger partial charge in [0.05, 0.1) is 0 Å². The zero-order valence-corrected chi connectivity index (χ0v) is 15.4. The lowest BCUT2D eigenvalue weighted by Gasteiger charge is -2.48. The summed E-state index contributed by atoms with van der Waals surface area (Å²) in [6.45, 7) is 3.45. The number of aliphatic hydroxyl groups excluding tert-OH is 1. The summed E-state index contributed by atoms with van der Waals surface area (Å²) in [5, 5.41) is 20.5. The molecule has 4 atom stereocenters. The Kier molecular flexibility index (Phi) is 5.04. The quantitative estimate of drug-likeness (QED) is 0.753. The van der Waals surface area contributed by atoms with E-state index in [1.54, 1.807) is 6.08 Å². The fourth-order valence-electron chi connectivity index (χ4n) is 5.53. The second-order valence-corrected chi connectivity index (χ2v) is 8.44. The summed E-state index contributed by atoms with van der Waals surface area (Å²) < 4.78 is 0. The predicted molar refractivity (Wildman–Crippen MR) is 95.9 cm³/mol. The molecule has 1 fully saturated rings. The Morgan fingerprint density at radius 1 is 1.28 bits per heavy atom. The van der Waals surface area contributed by atoms with Crippen LogP contribution in [0.2, 0.25) is 0 Å². The van der Waals surface area contributed by atoms with Crippen molar-refractivity contribution in [2.24, 2.45) is 17.3 Å². The fourth-order valence-corrected chi connectivity index (χ4v) is 5.53. The van der Waals surface area contributed by atoms with Crippen LogP contribution in [0.5, 0.6) is 0 Å². The zero-order chi connectivity index (χ0) is 18.2. The number of carbonyl (C=O) groups excluding carboxylic acids is 2. The molecular weight excluding hydrogens is 316 g/mol. The van der Waals surface area contributed by atoms with Gasteiger partial charge >= 0.3 is 0 Å². The highest BCUT2D eigenvalue weighted by Crippen LogP contribution is 2.60. The summed E-state index contributed by atoms with van der Waals surface area (Å²) in [6.07, 6.45) is 10.2. The minimum absolute atomic E-state index is 0.223. The molecule has 2 N–H and O–H groups in total. The van der Waals surface area contributed by atoms with Crippen LogP contribution in [0.1, 0.15) is 65.2 Å². The van der Waals surface area contributed by atoms with Crippen LogP contribution < -0.4 is 0 Å². The summed E-state index contributed by atoms with van der Waals surface area (Å²) >= 11 is 0. The standard InChI is InChI=1S/C21H30O4/c1-14-6-7-17-15(4-3-5-16(23)12-14)8-10-20(2)18(17)9-11-21(20,25)19(24)13-22/h8,12,17-18,22,25H,3-7,9-11,13H2,1-2H3/b14-12+/t17?,18?,20?,21-/m0/s1. The van der Waals surface area contributed by atoms with Crippen molar-refractivity contribution in [2.45, 2.75) is 70.8 Å². The minimum atomic E-state index is -1.41. The van der Waals surface area contributed by atoms with Gasteiger partial charge in [0.2, 0.25) is 0 Å². The zero-order valence-electron chi connectivity index (χ0n) is 15.4. The average molecular weight is 346 g/mol. The van der Waals surface area contributed by atoms with Gasteiger partial charge in [-0.25, -0.2) is 0 Å². The first-order valence-corrected chi connectivity index (χ1v) is 9.57. The van der Waals surface area contributed by atoms with E-state index in [0.29, 0.717) is 25.2 Å². The third-order valence-electron chi connectivity index (χ3n) is 7.08. The van der Waals surface area contributed by atoms with Crippen LogP contribution in [0.3, 0.4) is 0 Å². The van der Waals surface area contributed by atoms with E-state index < -0.39 is 23.4 Å². The Morgan fingerprint density at radius 3 is 2.76 bits per heavy atom. The second kappa shape index (κ2) is 6.81. The molecule has 0 bridgehead atoms. The first kappa shape index (κ1) is 18.5. The van der Waals surface area contributed by atoms with E-state index in [4.69, 9.17) is 0 Å². The summed E-state index contributed by atoms with van der Waals surface area (Å²) in [5.41, 5.74) is 0.618. The normalized spacial score (nSPS) is 41.2. The van der Waals surface area contributed by atoms with Crippen molar-refractivity contribution in [3.8, 4) is 0 Å². The third kappa shape index (κ3) is 3.04. The van der Waals surface area contributed by atoms with E-state index in [1.165, 1.54) is 5.57 Å². The first-order chi connectivity index (χ1) is 11.8. The van der Waals surface area contributed by atoms with Crippen LogP contribution in [-0.4, -0.2) is 34.0 Å². The Balaban J connectivity index is 1.92. The van der Waals surface area contributed by atoms with E-state index in [1.807, 2.05) is 13.8 Å². The van der Waals surface area contributed by atoms with Crippen LogP contribution in [0.25, 0.3) is 0 Å². The van der Waals surface area contributed by atoms with Gasteiger partial charge in [0.1, 0.15) is 12.2 Å². The maximum Gasteiger partial charge on any atom is 0.190 e. The van der Waals surface area contributed by atoms with E-state index in [9.17, 15) is 19.8 Å². The van der Waals surface area contributed by atoms with Crippen LogP contribution in [-0.2, 0) is 9.59 Å². The van der Waals surface area contributed by atoms with Crippen molar-refractivity contribution < 1.29 is 19.8 Å². The Morgan fingerprint density at radius 2 is 2.04 bits per heavy atom. The molecule has 1 saturated carbocycles. The maximum absolute atomic E-state index is 12.3. The fraction of sp³-hybridized carbons (Fsp3) is 0.714. The lowest BCUT2D eigenvalue weighted by atomic mass is 9.58. The van der Waals surface area contributed by atoms with Crippen molar-refractivity contribution in [3.63, 3.8) is 0 Å². The van der Waals surface area contributed by atoms with Crippen LogP contribution in [0.4, 0.5) is 0 Å². The molecule has 0 aromatic rings. The molecule has 138 valence electrons. The number of aliphatic hydroxyl groups is 2. The molecule has 3 aliphatic carbocycles. The van der Waals surface area contributed by atoms with Crippen molar-refractivity contribution in [2.75, 3.05) is 6.61 Å². The largest absolute Gasteiger partial charge is 0.388 e. The summed E-state index contributed by atoms with van der Waals surface area (Å²) in [5.74, 6) is 0.406. The highest BCUT2D eigenvalue weighted by atomic mass is 16.3. The van der Waals surface area contributed by atoms with Gasteiger partial charge in [-0.2, -0.15) is 0 Å². The Labute approximate surface area is 150 Å². The maximum atomic E-state index is 12.3. The van der Waals surface area contributed by atoms with Gasteiger partial charge in [0.15, 0.2) is 11.6 Å². The van der Waals surface area contributed by atoms with E-state index in [-0.39, 0.29) is 11.7 Å². The van der Waals surface area contributed by atoms with Crippen LogP contribution in [0, 0.1) is 17.3 Å². The molecule has 0 amide bonds. The number of allylic oxidation sites excluding steroid dienone is 4. The third-order valence-corrected chi connectivity index (χ3v) is 7.08. The Hall–Kier alpha value is -1.26. The molecule has 3 rings (SSSR count). The summed E-state index contributed by atoms with van der Waals surface area (Å²) in [4.78, 5) is 24.2. The molecule has 0 aromatic heterocycles. The number of Topliss-reactive ketones (excluding diaryl/α,β-unsaturated/α-hetero) is 1. The van der Waals surface area contributed by atoms with E-state index >= 15 is 0 Å². The first-order valence-electron chi connectivity index (χ1n) is 9.57. The van der Waals surface area contributed by atoms with Gasteiger partial charge in [-0.05, 0) is 69.8 Å². The van der Waals surface area contributed by atoms with Gasteiger partial charge in [0, 0.05) is 11.8 Å². The van der Waals surface area contributed by atoms with Crippen LogP contribution >= 0.6 is 0 Å². The number of ketones is 2. The SMILES string of the molecule is C/C1=C\C(=O)CCCC2=CCC3(C)C(CC[C@]3(O)C(=O)CO)C2CC1. The van der Waals surface area contributed by atoms with Gasteiger partial charge in [-0.15, -0.1) is 0 Å².